The highest BCUT2D eigenvalue weighted by molar-refractivity contribution is 5.98. The molecule has 180 valence electrons. The fraction of sp³-hybridized carbons (Fsp3) is 0.458. The molecule has 2 saturated heterocycles. The SMILES string of the molecule is CN(C)c1ncc(-c2ccc(F)cc2)c([C@@H]2CCCCN2C(=O)CCN2C(=O)COCC2=O)n1. The normalized spacial score (nSPS) is 18.9. The van der Waals surface area contributed by atoms with Crippen LogP contribution in [0, 0.1) is 5.82 Å². The number of carbonyl (C=O) groups is 3. The average Bonchev–Trinajstić information content (AvgIpc) is 2.84. The van der Waals surface area contributed by atoms with E-state index in [4.69, 9.17) is 9.72 Å². The molecule has 0 N–H and O–H groups in total. The third kappa shape index (κ3) is 5.06. The van der Waals surface area contributed by atoms with Crippen LogP contribution in [0.15, 0.2) is 30.5 Å². The van der Waals surface area contributed by atoms with Crippen LogP contribution >= 0.6 is 0 Å². The number of morpholine rings is 1. The topological polar surface area (TPSA) is 95.9 Å². The number of benzene rings is 1. The zero-order valence-corrected chi connectivity index (χ0v) is 19.4. The first-order valence-corrected chi connectivity index (χ1v) is 11.4. The van der Waals surface area contributed by atoms with Crippen LogP contribution in [-0.4, -0.2) is 77.9 Å². The second-order valence-electron chi connectivity index (χ2n) is 8.65. The fourth-order valence-electron chi connectivity index (χ4n) is 4.34. The molecule has 9 nitrogen and oxygen atoms in total. The van der Waals surface area contributed by atoms with Crippen LogP contribution in [0.1, 0.15) is 37.4 Å². The number of carbonyl (C=O) groups excluding carboxylic acids is 3. The Bertz CT molecular complexity index is 1060. The molecule has 2 aromatic rings. The predicted octanol–water partition coefficient (Wildman–Crippen LogP) is 2.18. The highest BCUT2D eigenvalue weighted by Crippen LogP contribution is 2.36. The van der Waals surface area contributed by atoms with Gasteiger partial charge in [0, 0.05) is 45.4 Å². The lowest BCUT2D eigenvalue weighted by Crippen LogP contribution is -2.48. The summed E-state index contributed by atoms with van der Waals surface area (Å²) in [6.45, 7) is 0.280. The van der Waals surface area contributed by atoms with Gasteiger partial charge in [-0.05, 0) is 37.0 Å². The van der Waals surface area contributed by atoms with Crippen molar-refractivity contribution in [2.24, 2.45) is 0 Å². The van der Waals surface area contributed by atoms with Gasteiger partial charge < -0.3 is 14.5 Å². The van der Waals surface area contributed by atoms with E-state index >= 15 is 0 Å². The van der Waals surface area contributed by atoms with Crippen LogP contribution in [0.4, 0.5) is 10.3 Å². The van der Waals surface area contributed by atoms with Crippen molar-refractivity contribution < 1.29 is 23.5 Å². The molecule has 34 heavy (non-hydrogen) atoms. The van der Waals surface area contributed by atoms with Gasteiger partial charge in [-0.2, -0.15) is 0 Å². The molecule has 10 heteroatoms. The van der Waals surface area contributed by atoms with Crippen LogP contribution < -0.4 is 4.90 Å². The summed E-state index contributed by atoms with van der Waals surface area (Å²) >= 11 is 0. The Hall–Kier alpha value is -3.40. The monoisotopic (exact) mass is 469 g/mol. The van der Waals surface area contributed by atoms with E-state index in [1.807, 2.05) is 14.1 Å². The maximum Gasteiger partial charge on any atom is 0.255 e. The van der Waals surface area contributed by atoms with Gasteiger partial charge in [-0.1, -0.05) is 12.1 Å². The Morgan fingerprint density at radius 3 is 2.53 bits per heavy atom. The van der Waals surface area contributed by atoms with Crippen LogP contribution in [0.25, 0.3) is 11.1 Å². The minimum atomic E-state index is -0.427. The van der Waals surface area contributed by atoms with Crippen molar-refractivity contribution in [2.75, 3.05) is 45.3 Å². The summed E-state index contributed by atoms with van der Waals surface area (Å²) in [7, 11) is 3.69. The van der Waals surface area contributed by atoms with Crippen LogP contribution in [0.2, 0.25) is 0 Å². The average molecular weight is 470 g/mol. The Morgan fingerprint density at radius 1 is 1.15 bits per heavy atom. The number of halogens is 1. The second-order valence-corrected chi connectivity index (χ2v) is 8.65. The maximum atomic E-state index is 13.5. The molecule has 2 aliphatic heterocycles. The van der Waals surface area contributed by atoms with Gasteiger partial charge in [0.2, 0.25) is 11.9 Å². The molecule has 1 atom stereocenters. The number of piperidine rings is 1. The number of nitrogens with zero attached hydrogens (tertiary/aromatic N) is 5. The van der Waals surface area contributed by atoms with Gasteiger partial charge in [0.25, 0.3) is 11.8 Å². The van der Waals surface area contributed by atoms with E-state index in [9.17, 15) is 18.8 Å². The van der Waals surface area contributed by atoms with Crippen molar-refractivity contribution >= 4 is 23.7 Å². The molecule has 1 aromatic heterocycles. The molecule has 4 rings (SSSR count). The lowest BCUT2D eigenvalue weighted by Gasteiger charge is -2.37. The third-order valence-corrected chi connectivity index (χ3v) is 6.10. The van der Waals surface area contributed by atoms with Crippen molar-refractivity contribution in [3.05, 3.63) is 42.0 Å². The van der Waals surface area contributed by atoms with Crippen molar-refractivity contribution in [1.82, 2.24) is 19.8 Å². The molecule has 0 unspecified atom stereocenters. The van der Waals surface area contributed by atoms with E-state index in [0.29, 0.717) is 18.2 Å². The molecule has 2 fully saturated rings. The number of aromatic nitrogens is 2. The molecule has 3 heterocycles. The number of ether oxygens (including phenoxy) is 1. The zero-order chi connectivity index (χ0) is 24.2. The molecule has 0 saturated carbocycles. The van der Waals surface area contributed by atoms with Crippen LogP contribution in [-0.2, 0) is 19.1 Å². The predicted molar refractivity (Wildman–Crippen MR) is 122 cm³/mol. The van der Waals surface area contributed by atoms with Gasteiger partial charge in [-0.15, -0.1) is 0 Å². The maximum absolute atomic E-state index is 13.5. The van der Waals surface area contributed by atoms with Crippen molar-refractivity contribution in [3.63, 3.8) is 0 Å². The fourth-order valence-corrected chi connectivity index (χ4v) is 4.34. The number of imide groups is 1. The molecule has 2 aliphatic rings. The highest BCUT2D eigenvalue weighted by atomic mass is 19.1. The first kappa shape index (κ1) is 23.7. The number of amides is 3. The number of hydrogen-bond donors (Lipinski definition) is 0. The van der Waals surface area contributed by atoms with E-state index in [-0.39, 0.29) is 43.9 Å². The number of rotatable bonds is 6. The Kier molecular flexibility index (Phi) is 7.16. The van der Waals surface area contributed by atoms with E-state index in [2.05, 4.69) is 4.98 Å². The molecule has 0 radical (unpaired) electrons. The summed E-state index contributed by atoms with van der Waals surface area (Å²) in [6.07, 6.45) is 4.26. The van der Waals surface area contributed by atoms with Crippen LogP contribution in [0.3, 0.4) is 0 Å². The zero-order valence-electron chi connectivity index (χ0n) is 19.4. The van der Waals surface area contributed by atoms with Crippen LogP contribution in [0.5, 0.6) is 0 Å². The van der Waals surface area contributed by atoms with E-state index in [0.717, 1.165) is 35.3 Å². The number of likely N-dealkylation sites (tertiary alicyclic amines) is 1. The minimum absolute atomic E-state index is 0.0284. The Labute approximate surface area is 197 Å². The summed E-state index contributed by atoms with van der Waals surface area (Å²) < 4.78 is 18.5. The van der Waals surface area contributed by atoms with Gasteiger partial charge >= 0.3 is 0 Å². The molecular formula is C24H28FN5O4. The molecule has 0 spiro atoms. The summed E-state index contributed by atoms with van der Waals surface area (Å²) in [5.74, 6) is -0.818. The molecule has 3 amide bonds. The molecular weight excluding hydrogens is 441 g/mol. The van der Waals surface area contributed by atoms with Gasteiger partial charge in [0.1, 0.15) is 19.0 Å². The summed E-state index contributed by atoms with van der Waals surface area (Å²) in [5.41, 5.74) is 2.22. The quantitative estimate of drug-likeness (QED) is 0.599. The first-order valence-electron chi connectivity index (χ1n) is 11.4. The smallest absolute Gasteiger partial charge is 0.255 e. The lowest BCUT2D eigenvalue weighted by molar-refractivity contribution is -0.158. The van der Waals surface area contributed by atoms with Gasteiger partial charge in [0.05, 0.1) is 11.7 Å². The lowest BCUT2D eigenvalue weighted by atomic mass is 9.93. The third-order valence-electron chi connectivity index (χ3n) is 6.10. The van der Waals surface area contributed by atoms with E-state index in [1.165, 1.54) is 12.1 Å². The Morgan fingerprint density at radius 2 is 1.85 bits per heavy atom. The summed E-state index contributed by atoms with van der Waals surface area (Å²) in [6, 6.07) is 5.84. The van der Waals surface area contributed by atoms with Gasteiger partial charge in [-0.3, -0.25) is 19.3 Å². The Balaban J connectivity index is 1.62. The largest absolute Gasteiger partial charge is 0.362 e. The van der Waals surface area contributed by atoms with Crippen molar-refractivity contribution in [3.8, 4) is 11.1 Å². The molecule has 0 aliphatic carbocycles. The summed E-state index contributed by atoms with van der Waals surface area (Å²) in [4.78, 5) is 51.2. The minimum Gasteiger partial charge on any atom is -0.362 e. The number of hydrogen-bond acceptors (Lipinski definition) is 7. The van der Waals surface area contributed by atoms with E-state index < -0.39 is 11.8 Å². The van der Waals surface area contributed by atoms with Crippen molar-refractivity contribution in [1.29, 1.82) is 0 Å². The first-order chi connectivity index (χ1) is 16.3. The van der Waals surface area contributed by atoms with Gasteiger partial charge in [-0.25, -0.2) is 14.4 Å². The molecule has 0 bridgehead atoms. The summed E-state index contributed by atoms with van der Waals surface area (Å²) in [5, 5.41) is 0. The van der Waals surface area contributed by atoms with Gasteiger partial charge in [0.15, 0.2) is 0 Å². The standard InChI is InChI=1S/C24H28FN5O4/c1-28(2)24-26-13-18(16-6-8-17(25)9-7-16)23(27-24)19-5-3-4-11-29(19)20(31)10-12-30-21(32)14-34-15-22(30)33/h6-9,13,19H,3-5,10-12,14-15H2,1-2H3/t19-/m0/s1. The number of anilines is 1. The van der Waals surface area contributed by atoms with E-state index in [1.54, 1.807) is 28.1 Å². The second kappa shape index (κ2) is 10.3. The highest BCUT2D eigenvalue weighted by Gasteiger charge is 2.33. The molecule has 1 aromatic carbocycles. The van der Waals surface area contributed by atoms with Crippen molar-refractivity contribution in [2.45, 2.75) is 31.7 Å².